The summed E-state index contributed by atoms with van der Waals surface area (Å²) in [6.45, 7) is 13.6. The van der Waals surface area contributed by atoms with Gasteiger partial charge in [-0.15, -0.1) is 0 Å². The van der Waals surface area contributed by atoms with Gasteiger partial charge in [-0.3, -0.25) is 4.99 Å². The number of amidine groups is 1. The van der Waals surface area contributed by atoms with Gasteiger partial charge in [-0.1, -0.05) is 11.8 Å². The first-order chi connectivity index (χ1) is 8.09. The van der Waals surface area contributed by atoms with Crippen molar-refractivity contribution in [2.75, 3.05) is 45.8 Å². The summed E-state index contributed by atoms with van der Waals surface area (Å²) in [4.78, 5) is 7.25. The first-order valence-corrected chi connectivity index (χ1v) is 7.74. The Morgan fingerprint density at radius 2 is 1.76 bits per heavy atom. The van der Waals surface area contributed by atoms with Crippen molar-refractivity contribution in [3.05, 3.63) is 0 Å². The van der Waals surface area contributed by atoms with E-state index in [0.29, 0.717) is 4.75 Å². The lowest BCUT2D eigenvalue weighted by Crippen LogP contribution is -2.58. The number of hydrogen-bond donors (Lipinski definition) is 0. The molecule has 3 aliphatic rings. The van der Waals surface area contributed by atoms with Gasteiger partial charge >= 0.3 is 0 Å². The van der Waals surface area contributed by atoms with Crippen molar-refractivity contribution in [3.8, 4) is 0 Å². The van der Waals surface area contributed by atoms with E-state index in [1.54, 1.807) is 0 Å². The van der Waals surface area contributed by atoms with Crippen molar-refractivity contribution in [1.82, 2.24) is 4.90 Å². The normalized spacial score (nSPS) is 30.9. The van der Waals surface area contributed by atoms with Gasteiger partial charge in [0.15, 0.2) is 5.17 Å². The Labute approximate surface area is 109 Å². The van der Waals surface area contributed by atoms with Crippen LogP contribution in [0.2, 0.25) is 0 Å². The summed E-state index contributed by atoms with van der Waals surface area (Å²) in [5, 5.41) is 1.31. The molecule has 0 bridgehead atoms. The van der Waals surface area contributed by atoms with Gasteiger partial charge in [-0.25, -0.2) is 0 Å². The highest BCUT2D eigenvalue weighted by atomic mass is 32.2. The lowest BCUT2D eigenvalue weighted by Gasteiger charge is -2.42. The number of piperazine rings is 1. The first kappa shape index (κ1) is 11.8. The maximum Gasteiger partial charge on any atom is 0.160 e. The number of nitrogens with zero attached hydrogens (tertiary/aromatic N) is 3. The molecule has 0 atom stereocenters. The Balaban J connectivity index is 1.59. The Bertz CT molecular complexity index is 322. The van der Waals surface area contributed by atoms with Crippen LogP contribution in [0, 0.1) is 0 Å². The molecule has 2 saturated heterocycles. The molecule has 2 fully saturated rings. The van der Waals surface area contributed by atoms with Crippen LogP contribution in [0.1, 0.15) is 26.7 Å². The maximum atomic E-state index is 4.73. The summed E-state index contributed by atoms with van der Waals surface area (Å²) in [6, 6.07) is 0. The highest BCUT2D eigenvalue weighted by Crippen LogP contribution is 2.34. The maximum absolute atomic E-state index is 4.73. The number of hydrogen-bond acceptors (Lipinski definition) is 3. The molecular formula is C13H24N3S+. The molecule has 0 aromatic carbocycles. The molecule has 1 spiro atoms. The summed E-state index contributed by atoms with van der Waals surface area (Å²) < 4.78 is 1.73. The first-order valence-electron chi connectivity index (χ1n) is 6.92. The third-order valence-corrected chi connectivity index (χ3v) is 5.69. The summed E-state index contributed by atoms with van der Waals surface area (Å²) >= 11 is 1.97. The fourth-order valence-corrected chi connectivity index (χ4v) is 4.33. The fraction of sp³-hybridized carbons (Fsp3) is 0.923. The Hall–Kier alpha value is -0.220. The van der Waals surface area contributed by atoms with Gasteiger partial charge in [0.2, 0.25) is 0 Å². The smallest absolute Gasteiger partial charge is 0.160 e. The number of rotatable bonds is 0. The minimum absolute atomic E-state index is 0.326. The SMILES string of the molecule is CC1(C)CN=C(N2CC[N+]3(CCCC3)CC2)S1. The molecule has 17 heavy (non-hydrogen) atoms. The van der Waals surface area contributed by atoms with Crippen LogP contribution in [0.4, 0.5) is 0 Å². The zero-order valence-corrected chi connectivity index (χ0v) is 11.9. The van der Waals surface area contributed by atoms with E-state index in [2.05, 4.69) is 18.7 Å². The highest BCUT2D eigenvalue weighted by molar-refractivity contribution is 8.15. The van der Waals surface area contributed by atoms with E-state index in [-0.39, 0.29) is 0 Å². The number of aliphatic imine (C=N–C) groups is 1. The minimum atomic E-state index is 0.326. The lowest BCUT2D eigenvalue weighted by molar-refractivity contribution is -0.920. The number of thioether (sulfide) groups is 1. The Morgan fingerprint density at radius 3 is 2.29 bits per heavy atom. The highest BCUT2D eigenvalue weighted by Gasteiger charge is 2.38. The summed E-state index contributed by atoms with van der Waals surface area (Å²) in [7, 11) is 0. The molecule has 3 heterocycles. The average Bonchev–Trinajstić information content (AvgIpc) is 2.88. The van der Waals surface area contributed by atoms with Crippen LogP contribution >= 0.6 is 11.8 Å². The molecule has 4 heteroatoms. The summed E-state index contributed by atoms with van der Waals surface area (Å²) in [6.07, 6.45) is 2.89. The molecule has 96 valence electrons. The zero-order chi connectivity index (χ0) is 11.9. The molecule has 0 radical (unpaired) electrons. The van der Waals surface area contributed by atoms with Gasteiger partial charge < -0.3 is 9.38 Å². The van der Waals surface area contributed by atoms with Gasteiger partial charge in [0.05, 0.1) is 45.8 Å². The second-order valence-electron chi connectivity index (χ2n) is 6.39. The van der Waals surface area contributed by atoms with Gasteiger partial charge in [-0.2, -0.15) is 0 Å². The van der Waals surface area contributed by atoms with Crippen molar-refractivity contribution >= 4 is 16.9 Å². The van der Waals surface area contributed by atoms with E-state index in [4.69, 9.17) is 4.99 Å². The molecule has 0 saturated carbocycles. The molecule has 0 aromatic heterocycles. The van der Waals surface area contributed by atoms with Crippen molar-refractivity contribution in [2.45, 2.75) is 31.4 Å². The van der Waals surface area contributed by atoms with E-state index < -0.39 is 0 Å². The predicted octanol–water partition coefficient (Wildman–Crippen LogP) is 1.79. The van der Waals surface area contributed by atoms with E-state index in [9.17, 15) is 0 Å². The lowest BCUT2D eigenvalue weighted by atomic mass is 10.2. The van der Waals surface area contributed by atoms with E-state index >= 15 is 0 Å². The van der Waals surface area contributed by atoms with Crippen LogP contribution in [-0.4, -0.2) is 65.1 Å². The Kier molecular flexibility index (Phi) is 2.90. The van der Waals surface area contributed by atoms with E-state index in [1.807, 2.05) is 11.8 Å². The second kappa shape index (κ2) is 4.16. The molecule has 0 aromatic rings. The average molecular weight is 254 g/mol. The predicted molar refractivity (Wildman–Crippen MR) is 74.5 cm³/mol. The minimum Gasteiger partial charge on any atom is -0.340 e. The summed E-state index contributed by atoms with van der Waals surface area (Å²) in [5.41, 5.74) is 0. The molecule has 0 N–H and O–H groups in total. The molecule has 3 nitrogen and oxygen atoms in total. The molecule has 0 amide bonds. The van der Waals surface area contributed by atoms with Crippen molar-refractivity contribution < 1.29 is 4.48 Å². The van der Waals surface area contributed by atoms with Crippen molar-refractivity contribution in [3.63, 3.8) is 0 Å². The quantitative estimate of drug-likeness (QED) is 0.613. The monoisotopic (exact) mass is 254 g/mol. The molecule has 0 unspecified atom stereocenters. The van der Waals surface area contributed by atoms with Crippen LogP contribution in [0.5, 0.6) is 0 Å². The second-order valence-corrected chi connectivity index (χ2v) is 8.07. The zero-order valence-electron chi connectivity index (χ0n) is 11.1. The van der Waals surface area contributed by atoms with Crippen LogP contribution < -0.4 is 0 Å². The van der Waals surface area contributed by atoms with Crippen LogP contribution in [0.25, 0.3) is 0 Å². The molecular weight excluding hydrogens is 230 g/mol. The summed E-state index contributed by atoms with van der Waals surface area (Å²) in [5.74, 6) is 0. The third-order valence-electron chi connectivity index (χ3n) is 4.44. The van der Waals surface area contributed by atoms with Crippen LogP contribution in [0.15, 0.2) is 4.99 Å². The standard InChI is InChI=1S/C13H24N3S/c1-13(2)11-14-12(17-13)15-5-9-16(10-6-15)7-3-4-8-16/h3-11H2,1-2H3/q+1. The number of quaternary nitrogens is 1. The van der Waals surface area contributed by atoms with Crippen LogP contribution in [-0.2, 0) is 0 Å². The topological polar surface area (TPSA) is 15.6 Å². The fourth-order valence-electron chi connectivity index (χ4n) is 3.27. The largest absolute Gasteiger partial charge is 0.340 e. The molecule has 3 rings (SSSR count). The Morgan fingerprint density at radius 1 is 1.12 bits per heavy atom. The van der Waals surface area contributed by atoms with Crippen molar-refractivity contribution in [2.24, 2.45) is 4.99 Å². The van der Waals surface area contributed by atoms with E-state index in [1.165, 1.54) is 61.8 Å². The van der Waals surface area contributed by atoms with Gasteiger partial charge in [0.25, 0.3) is 0 Å². The van der Waals surface area contributed by atoms with Crippen LogP contribution in [0.3, 0.4) is 0 Å². The third kappa shape index (κ3) is 2.34. The molecule has 3 aliphatic heterocycles. The van der Waals surface area contributed by atoms with Crippen molar-refractivity contribution in [1.29, 1.82) is 0 Å². The molecule has 0 aliphatic carbocycles. The van der Waals surface area contributed by atoms with E-state index in [0.717, 1.165) is 6.54 Å². The van der Waals surface area contributed by atoms with Gasteiger partial charge in [-0.05, 0) is 13.8 Å². The van der Waals surface area contributed by atoms with Gasteiger partial charge in [0, 0.05) is 17.6 Å². The van der Waals surface area contributed by atoms with Gasteiger partial charge in [0.1, 0.15) is 0 Å².